The predicted molar refractivity (Wildman–Crippen MR) is 57.9 cm³/mol. The Labute approximate surface area is 92.8 Å². The monoisotopic (exact) mass is 220 g/mol. The van der Waals surface area contributed by atoms with Gasteiger partial charge in [0, 0.05) is 5.39 Å². The molecule has 0 saturated heterocycles. The minimum atomic E-state index is -0.392. The average molecular weight is 220 g/mol. The Morgan fingerprint density at radius 1 is 1.38 bits per heavy atom. The van der Waals surface area contributed by atoms with E-state index in [4.69, 9.17) is 9.15 Å². The molecule has 0 aliphatic heterocycles. The number of hydrogen-bond donors (Lipinski definition) is 0. The van der Waals surface area contributed by atoms with Gasteiger partial charge in [0.05, 0.1) is 7.11 Å². The second kappa shape index (κ2) is 4.81. The second-order valence-electron chi connectivity index (χ2n) is 3.32. The van der Waals surface area contributed by atoms with E-state index in [0.717, 1.165) is 11.0 Å². The molecule has 4 heteroatoms. The second-order valence-corrected chi connectivity index (χ2v) is 3.32. The fourth-order valence-corrected chi connectivity index (χ4v) is 1.40. The third kappa shape index (κ3) is 2.41. The summed E-state index contributed by atoms with van der Waals surface area (Å²) in [6, 6.07) is 9.59. The SMILES string of the molecule is COC(=O)COCc1cc2ccccc2o1. The lowest BCUT2D eigenvalue weighted by Crippen LogP contribution is -2.09. The normalized spacial score (nSPS) is 10.6. The molecule has 0 unspecified atom stereocenters. The first kappa shape index (κ1) is 10.7. The molecule has 1 aromatic carbocycles. The first-order valence-electron chi connectivity index (χ1n) is 4.91. The number of benzene rings is 1. The highest BCUT2D eigenvalue weighted by atomic mass is 16.6. The molecule has 0 spiro atoms. The number of rotatable bonds is 4. The van der Waals surface area contributed by atoms with Crippen LogP contribution in [0.15, 0.2) is 34.7 Å². The van der Waals surface area contributed by atoms with E-state index in [-0.39, 0.29) is 13.2 Å². The molecular formula is C12H12O4. The highest BCUT2D eigenvalue weighted by molar-refractivity contribution is 5.77. The molecule has 0 radical (unpaired) electrons. The zero-order chi connectivity index (χ0) is 11.4. The molecule has 0 bridgehead atoms. The van der Waals surface area contributed by atoms with Gasteiger partial charge in [-0.3, -0.25) is 0 Å². The lowest BCUT2D eigenvalue weighted by Gasteiger charge is -1.99. The van der Waals surface area contributed by atoms with Gasteiger partial charge in [-0.2, -0.15) is 0 Å². The summed E-state index contributed by atoms with van der Waals surface area (Å²) in [5.41, 5.74) is 0.819. The summed E-state index contributed by atoms with van der Waals surface area (Å²) in [4.78, 5) is 10.8. The van der Waals surface area contributed by atoms with Crippen LogP contribution in [0, 0.1) is 0 Å². The van der Waals surface area contributed by atoms with Gasteiger partial charge in [0.15, 0.2) is 0 Å². The Bertz CT molecular complexity index is 453. The quantitative estimate of drug-likeness (QED) is 0.740. The van der Waals surface area contributed by atoms with Crippen LogP contribution in [0.5, 0.6) is 0 Å². The summed E-state index contributed by atoms with van der Waals surface area (Å²) in [5.74, 6) is 0.307. The summed E-state index contributed by atoms with van der Waals surface area (Å²) in [7, 11) is 1.33. The molecule has 1 aromatic heterocycles. The zero-order valence-corrected chi connectivity index (χ0v) is 8.93. The van der Waals surface area contributed by atoms with Crippen LogP contribution in [-0.2, 0) is 20.9 Å². The largest absolute Gasteiger partial charge is 0.467 e. The fraction of sp³-hybridized carbons (Fsp3) is 0.250. The van der Waals surface area contributed by atoms with E-state index in [9.17, 15) is 4.79 Å². The van der Waals surface area contributed by atoms with Gasteiger partial charge in [0.25, 0.3) is 0 Å². The summed E-state index contributed by atoms with van der Waals surface area (Å²) in [6.07, 6.45) is 0. The Hall–Kier alpha value is -1.81. The summed E-state index contributed by atoms with van der Waals surface area (Å²) < 4.78 is 15.1. The number of carbonyl (C=O) groups excluding carboxylic acids is 1. The van der Waals surface area contributed by atoms with E-state index >= 15 is 0 Å². The van der Waals surface area contributed by atoms with Crippen LogP contribution in [-0.4, -0.2) is 19.7 Å². The van der Waals surface area contributed by atoms with Crippen molar-refractivity contribution in [1.29, 1.82) is 0 Å². The van der Waals surface area contributed by atoms with Crippen LogP contribution >= 0.6 is 0 Å². The Morgan fingerprint density at radius 3 is 2.94 bits per heavy atom. The minimum Gasteiger partial charge on any atom is -0.467 e. The van der Waals surface area contributed by atoms with Gasteiger partial charge in [-0.05, 0) is 12.1 Å². The number of hydrogen-bond acceptors (Lipinski definition) is 4. The molecule has 0 saturated carbocycles. The van der Waals surface area contributed by atoms with Crippen LogP contribution < -0.4 is 0 Å². The lowest BCUT2D eigenvalue weighted by atomic mass is 10.2. The minimum absolute atomic E-state index is 0.0620. The van der Waals surface area contributed by atoms with E-state index in [2.05, 4.69) is 4.74 Å². The van der Waals surface area contributed by atoms with Crippen LogP contribution in [0.4, 0.5) is 0 Å². The number of para-hydroxylation sites is 1. The molecular weight excluding hydrogens is 208 g/mol. The molecule has 2 rings (SSSR count). The molecule has 4 nitrogen and oxygen atoms in total. The van der Waals surface area contributed by atoms with Crippen molar-refractivity contribution in [3.63, 3.8) is 0 Å². The smallest absolute Gasteiger partial charge is 0.331 e. The van der Waals surface area contributed by atoms with E-state index in [1.165, 1.54) is 7.11 Å². The van der Waals surface area contributed by atoms with Gasteiger partial charge in [-0.15, -0.1) is 0 Å². The Kier molecular flexibility index (Phi) is 3.22. The molecule has 0 atom stereocenters. The van der Waals surface area contributed by atoms with E-state index in [0.29, 0.717) is 5.76 Å². The number of fused-ring (bicyclic) bond motifs is 1. The molecule has 2 aromatic rings. The topological polar surface area (TPSA) is 48.7 Å². The van der Waals surface area contributed by atoms with Gasteiger partial charge < -0.3 is 13.9 Å². The third-order valence-corrected chi connectivity index (χ3v) is 2.17. The maximum absolute atomic E-state index is 10.8. The summed E-state index contributed by atoms with van der Waals surface area (Å²) in [6.45, 7) is 0.206. The number of carbonyl (C=O) groups is 1. The Morgan fingerprint density at radius 2 is 2.19 bits per heavy atom. The van der Waals surface area contributed by atoms with E-state index < -0.39 is 5.97 Å². The van der Waals surface area contributed by atoms with E-state index in [1.807, 2.05) is 30.3 Å². The molecule has 0 amide bonds. The molecule has 0 aliphatic rings. The average Bonchev–Trinajstić information content (AvgIpc) is 2.71. The van der Waals surface area contributed by atoms with Crippen molar-refractivity contribution in [2.75, 3.05) is 13.7 Å². The van der Waals surface area contributed by atoms with Gasteiger partial charge >= 0.3 is 5.97 Å². The van der Waals surface area contributed by atoms with Crippen molar-refractivity contribution in [2.45, 2.75) is 6.61 Å². The molecule has 0 N–H and O–H groups in total. The van der Waals surface area contributed by atoms with Crippen LogP contribution in [0.1, 0.15) is 5.76 Å². The number of ether oxygens (including phenoxy) is 2. The predicted octanol–water partition coefficient (Wildman–Crippen LogP) is 2.12. The first-order chi connectivity index (χ1) is 7.79. The summed E-state index contributed by atoms with van der Waals surface area (Å²) in [5, 5.41) is 1.03. The maximum Gasteiger partial charge on any atom is 0.331 e. The van der Waals surface area contributed by atoms with Crippen LogP contribution in [0.2, 0.25) is 0 Å². The van der Waals surface area contributed by atoms with Crippen molar-refractivity contribution >= 4 is 16.9 Å². The zero-order valence-electron chi connectivity index (χ0n) is 8.93. The van der Waals surface area contributed by atoms with E-state index in [1.54, 1.807) is 0 Å². The van der Waals surface area contributed by atoms with Crippen molar-refractivity contribution in [3.05, 3.63) is 36.1 Å². The standard InChI is InChI=1S/C12H12O4/c1-14-12(13)8-15-7-10-6-9-4-2-3-5-11(9)16-10/h2-6H,7-8H2,1H3. The molecule has 0 fully saturated rings. The maximum atomic E-state index is 10.8. The van der Waals surface area contributed by atoms with Gasteiger partial charge in [0.2, 0.25) is 0 Å². The summed E-state index contributed by atoms with van der Waals surface area (Å²) >= 11 is 0. The van der Waals surface area contributed by atoms with Crippen molar-refractivity contribution in [2.24, 2.45) is 0 Å². The Balaban J connectivity index is 1.97. The third-order valence-electron chi connectivity index (χ3n) is 2.17. The van der Waals surface area contributed by atoms with Gasteiger partial charge in [0.1, 0.15) is 24.6 Å². The fourth-order valence-electron chi connectivity index (χ4n) is 1.40. The van der Waals surface area contributed by atoms with Crippen molar-refractivity contribution in [1.82, 2.24) is 0 Å². The highest BCUT2D eigenvalue weighted by Crippen LogP contribution is 2.19. The molecule has 1 heterocycles. The first-order valence-corrected chi connectivity index (χ1v) is 4.91. The number of methoxy groups -OCH3 is 1. The lowest BCUT2D eigenvalue weighted by molar-refractivity contribution is -0.146. The van der Waals surface area contributed by atoms with Crippen molar-refractivity contribution in [3.8, 4) is 0 Å². The van der Waals surface area contributed by atoms with Crippen molar-refractivity contribution < 1.29 is 18.7 Å². The molecule has 16 heavy (non-hydrogen) atoms. The van der Waals surface area contributed by atoms with Gasteiger partial charge in [-0.25, -0.2) is 4.79 Å². The molecule has 0 aliphatic carbocycles. The van der Waals surface area contributed by atoms with Gasteiger partial charge in [-0.1, -0.05) is 18.2 Å². The highest BCUT2D eigenvalue weighted by Gasteiger charge is 2.04. The van der Waals surface area contributed by atoms with Crippen LogP contribution in [0.3, 0.4) is 0 Å². The van der Waals surface area contributed by atoms with Crippen LogP contribution in [0.25, 0.3) is 11.0 Å². The molecule has 84 valence electrons. The number of furan rings is 1. The number of esters is 1.